The molecule has 88 valence electrons. The van der Waals surface area contributed by atoms with Gasteiger partial charge in [-0.3, -0.25) is 9.59 Å². The predicted molar refractivity (Wildman–Crippen MR) is 62.0 cm³/mol. The fourth-order valence-corrected chi connectivity index (χ4v) is 1.65. The van der Waals surface area contributed by atoms with Crippen LogP contribution in [0.1, 0.15) is 5.56 Å². The summed E-state index contributed by atoms with van der Waals surface area (Å²) in [5.41, 5.74) is 0.0748. The summed E-state index contributed by atoms with van der Waals surface area (Å²) in [6.07, 6.45) is -0.248. The summed E-state index contributed by atoms with van der Waals surface area (Å²) in [5, 5.41) is 10.5. The van der Waals surface area contributed by atoms with Crippen LogP contribution in [0.4, 0.5) is 0 Å². The summed E-state index contributed by atoms with van der Waals surface area (Å²) < 4.78 is 4.47. The van der Waals surface area contributed by atoms with Crippen LogP contribution in [0.25, 0.3) is 10.9 Å². The van der Waals surface area contributed by atoms with E-state index in [4.69, 9.17) is 0 Å². The van der Waals surface area contributed by atoms with Crippen LogP contribution in [0.3, 0.4) is 0 Å². The quantitative estimate of drug-likeness (QED) is 0.757. The van der Waals surface area contributed by atoms with Crippen molar-refractivity contribution in [2.75, 3.05) is 7.11 Å². The maximum absolute atomic E-state index is 11.7. The Morgan fingerprint density at radius 1 is 1.41 bits per heavy atom. The van der Waals surface area contributed by atoms with Crippen molar-refractivity contribution in [3.63, 3.8) is 0 Å². The highest BCUT2D eigenvalue weighted by atomic mass is 16.5. The third-order valence-electron chi connectivity index (χ3n) is 2.54. The van der Waals surface area contributed by atoms with Gasteiger partial charge in [0.2, 0.25) is 0 Å². The molecule has 1 aromatic carbocycles. The molecule has 1 aromatic heterocycles. The molecule has 0 unspecified atom stereocenters. The highest BCUT2D eigenvalue weighted by molar-refractivity contribution is 5.87. The van der Waals surface area contributed by atoms with Gasteiger partial charge in [0, 0.05) is 5.39 Å². The van der Waals surface area contributed by atoms with Gasteiger partial charge in [0.15, 0.2) is 0 Å². The largest absolute Gasteiger partial charge is 0.507 e. The lowest BCUT2D eigenvalue weighted by atomic mass is 10.1. The molecule has 0 fully saturated rings. The Kier molecular flexibility index (Phi) is 2.82. The smallest absolute Gasteiger partial charge is 0.310 e. The second-order valence-electron chi connectivity index (χ2n) is 3.58. The number of methoxy groups -OCH3 is 1. The van der Waals surface area contributed by atoms with Crippen molar-refractivity contribution in [3.8, 4) is 5.75 Å². The van der Waals surface area contributed by atoms with Gasteiger partial charge in [-0.25, -0.2) is 0 Å². The van der Waals surface area contributed by atoms with E-state index in [1.54, 1.807) is 24.3 Å². The van der Waals surface area contributed by atoms with Crippen LogP contribution in [-0.2, 0) is 16.0 Å². The molecule has 0 atom stereocenters. The first-order valence-corrected chi connectivity index (χ1v) is 5.03. The number of benzene rings is 1. The standard InChI is InChI=1S/C12H11NO4/c1-17-10(14)6-8-11(15)7-4-2-3-5-9(7)13-12(8)16/h2-5H,6H2,1H3,(H2,13,15,16). The molecule has 5 heteroatoms. The minimum Gasteiger partial charge on any atom is -0.507 e. The predicted octanol–water partition coefficient (Wildman–Crippen LogP) is 0.949. The molecule has 2 N–H and O–H groups in total. The van der Waals surface area contributed by atoms with Crippen LogP contribution in [-0.4, -0.2) is 23.2 Å². The number of carbonyl (C=O) groups excluding carboxylic acids is 1. The second kappa shape index (κ2) is 4.29. The van der Waals surface area contributed by atoms with Gasteiger partial charge in [-0.1, -0.05) is 12.1 Å². The molecular formula is C12H11NO4. The molecule has 0 spiro atoms. The third kappa shape index (κ3) is 1.99. The maximum Gasteiger partial charge on any atom is 0.310 e. The molecule has 17 heavy (non-hydrogen) atoms. The number of carbonyl (C=O) groups is 1. The molecule has 0 saturated heterocycles. The van der Waals surface area contributed by atoms with Crippen LogP contribution in [0.15, 0.2) is 29.1 Å². The van der Waals surface area contributed by atoms with E-state index in [0.717, 1.165) is 0 Å². The second-order valence-corrected chi connectivity index (χ2v) is 3.58. The molecule has 0 saturated carbocycles. The highest BCUT2D eigenvalue weighted by Gasteiger charge is 2.15. The van der Waals surface area contributed by atoms with Crippen LogP contribution in [0.2, 0.25) is 0 Å². The Bertz CT molecular complexity index is 630. The lowest BCUT2D eigenvalue weighted by Crippen LogP contribution is -2.17. The number of aromatic hydroxyl groups is 1. The van der Waals surface area contributed by atoms with E-state index in [-0.39, 0.29) is 17.7 Å². The Balaban J connectivity index is 2.64. The molecule has 0 aliphatic carbocycles. The minimum absolute atomic E-state index is 0.0237. The Hall–Kier alpha value is -2.30. The highest BCUT2D eigenvalue weighted by Crippen LogP contribution is 2.24. The number of nitrogens with one attached hydrogen (secondary N) is 1. The van der Waals surface area contributed by atoms with E-state index in [9.17, 15) is 14.7 Å². The summed E-state index contributed by atoms with van der Waals surface area (Å²) in [6, 6.07) is 6.83. The van der Waals surface area contributed by atoms with E-state index in [1.165, 1.54) is 7.11 Å². The summed E-state index contributed by atoms with van der Waals surface area (Å²) in [5.74, 6) is -0.740. The number of H-pyrrole nitrogens is 1. The van der Waals surface area contributed by atoms with Crippen LogP contribution in [0, 0.1) is 0 Å². The minimum atomic E-state index is -0.568. The number of aromatic amines is 1. The summed E-state index contributed by atoms with van der Waals surface area (Å²) in [7, 11) is 1.23. The van der Waals surface area contributed by atoms with Gasteiger partial charge in [-0.2, -0.15) is 0 Å². The molecule has 0 amide bonds. The Morgan fingerprint density at radius 3 is 2.82 bits per heavy atom. The Labute approximate surface area is 96.7 Å². The van der Waals surface area contributed by atoms with Gasteiger partial charge in [0.1, 0.15) is 5.75 Å². The number of para-hydroxylation sites is 1. The van der Waals surface area contributed by atoms with Crippen molar-refractivity contribution in [3.05, 3.63) is 40.2 Å². The number of aromatic nitrogens is 1. The van der Waals surface area contributed by atoms with Gasteiger partial charge in [0.05, 0.1) is 24.6 Å². The average molecular weight is 233 g/mol. The van der Waals surface area contributed by atoms with E-state index >= 15 is 0 Å². The molecular weight excluding hydrogens is 222 g/mol. The zero-order valence-electron chi connectivity index (χ0n) is 9.19. The van der Waals surface area contributed by atoms with Crippen molar-refractivity contribution in [1.29, 1.82) is 0 Å². The van der Waals surface area contributed by atoms with Crippen molar-refractivity contribution in [2.24, 2.45) is 0 Å². The first-order valence-electron chi connectivity index (χ1n) is 5.03. The van der Waals surface area contributed by atoms with Crippen molar-refractivity contribution >= 4 is 16.9 Å². The van der Waals surface area contributed by atoms with E-state index in [0.29, 0.717) is 10.9 Å². The van der Waals surface area contributed by atoms with Gasteiger partial charge in [-0.05, 0) is 12.1 Å². The van der Waals surface area contributed by atoms with Crippen molar-refractivity contribution in [2.45, 2.75) is 6.42 Å². The average Bonchev–Trinajstić information content (AvgIpc) is 2.34. The van der Waals surface area contributed by atoms with Gasteiger partial charge in [0.25, 0.3) is 5.56 Å². The SMILES string of the molecule is COC(=O)Cc1c(O)c2ccccc2[nH]c1=O. The molecule has 0 bridgehead atoms. The van der Waals surface area contributed by atoms with E-state index in [1.807, 2.05) is 0 Å². The molecule has 0 radical (unpaired) electrons. The van der Waals surface area contributed by atoms with Gasteiger partial charge < -0.3 is 14.8 Å². The number of hydrogen-bond donors (Lipinski definition) is 2. The summed E-state index contributed by atoms with van der Waals surface area (Å²) >= 11 is 0. The van der Waals surface area contributed by atoms with Crippen LogP contribution < -0.4 is 5.56 Å². The number of ether oxygens (including phenoxy) is 1. The number of pyridine rings is 1. The topological polar surface area (TPSA) is 79.4 Å². The van der Waals surface area contributed by atoms with Gasteiger partial charge in [-0.15, -0.1) is 0 Å². The normalized spacial score (nSPS) is 10.4. The zero-order valence-corrected chi connectivity index (χ0v) is 9.19. The molecule has 0 aliphatic heterocycles. The monoisotopic (exact) mass is 233 g/mol. The maximum atomic E-state index is 11.7. The Morgan fingerprint density at radius 2 is 2.12 bits per heavy atom. The number of hydrogen-bond acceptors (Lipinski definition) is 4. The lowest BCUT2D eigenvalue weighted by Gasteiger charge is -2.06. The number of rotatable bonds is 2. The molecule has 2 rings (SSSR count). The first-order chi connectivity index (χ1) is 8.13. The van der Waals surface area contributed by atoms with E-state index in [2.05, 4.69) is 9.72 Å². The third-order valence-corrected chi connectivity index (χ3v) is 2.54. The first kappa shape index (κ1) is 11.2. The fourth-order valence-electron chi connectivity index (χ4n) is 1.65. The molecule has 1 heterocycles. The zero-order chi connectivity index (χ0) is 12.4. The summed E-state index contributed by atoms with van der Waals surface area (Å²) in [6.45, 7) is 0. The molecule has 0 aliphatic rings. The summed E-state index contributed by atoms with van der Waals surface area (Å²) in [4.78, 5) is 25.4. The number of fused-ring (bicyclic) bond motifs is 1. The van der Waals surface area contributed by atoms with Crippen molar-refractivity contribution in [1.82, 2.24) is 4.98 Å². The van der Waals surface area contributed by atoms with Gasteiger partial charge >= 0.3 is 5.97 Å². The number of esters is 1. The van der Waals surface area contributed by atoms with Crippen LogP contribution in [0.5, 0.6) is 5.75 Å². The fraction of sp³-hybridized carbons (Fsp3) is 0.167. The van der Waals surface area contributed by atoms with Crippen molar-refractivity contribution < 1.29 is 14.6 Å². The molecule has 2 aromatic rings. The lowest BCUT2D eigenvalue weighted by molar-refractivity contribution is -0.139. The van der Waals surface area contributed by atoms with E-state index < -0.39 is 11.5 Å². The molecule has 5 nitrogen and oxygen atoms in total. The van der Waals surface area contributed by atoms with Crippen LogP contribution >= 0.6 is 0 Å².